The molecule has 1 N–H and O–H groups in total. The van der Waals surface area contributed by atoms with Gasteiger partial charge in [-0.2, -0.15) is 0 Å². The van der Waals surface area contributed by atoms with Crippen LogP contribution in [0.3, 0.4) is 0 Å². The number of methoxy groups -OCH3 is 2. The number of hydrogen-bond acceptors (Lipinski definition) is 5. The first-order chi connectivity index (χ1) is 17.4. The molecular weight excluding hydrogens is 456 g/mol. The average Bonchev–Trinajstić information content (AvgIpc) is 3.26. The quantitative estimate of drug-likeness (QED) is 0.561. The summed E-state index contributed by atoms with van der Waals surface area (Å²) in [6, 6.07) is 13.3. The molecule has 1 aliphatic carbocycles. The molecule has 0 spiro atoms. The van der Waals surface area contributed by atoms with Crippen LogP contribution in [0.4, 0.5) is 0 Å². The van der Waals surface area contributed by atoms with Crippen molar-refractivity contribution >= 4 is 22.8 Å². The molecule has 2 amide bonds. The minimum atomic E-state index is -1.13. The van der Waals surface area contributed by atoms with Crippen LogP contribution in [0, 0.1) is 5.92 Å². The second-order valence-electron chi connectivity index (χ2n) is 10.2. The molecule has 1 aromatic heterocycles. The van der Waals surface area contributed by atoms with E-state index in [0.717, 1.165) is 35.9 Å². The SMILES string of the molecule is COc1cccc(CN2C(=O)c3nc4ccccc4n3C[C@]2(C)C(=O)N[C@@H]2CCCC[C@@H]2C)c1OC. The van der Waals surface area contributed by atoms with Crippen LogP contribution in [0.1, 0.15) is 55.7 Å². The van der Waals surface area contributed by atoms with E-state index < -0.39 is 5.54 Å². The van der Waals surface area contributed by atoms with Crippen LogP contribution >= 0.6 is 0 Å². The number of carbonyl (C=O) groups is 2. The minimum absolute atomic E-state index is 0.104. The number of fused-ring (bicyclic) bond motifs is 3. The Balaban J connectivity index is 1.58. The number of nitrogens with zero attached hydrogens (tertiary/aromatic N) is 3. The van der Waals surface area contributed by atoms with Crippen LogP contribution in [-0.2, 0) is 17.9 Å². The molecule has 36 heavy (non-hydrogen) atoms. The van der Waals surface area contributed by atoms with Crippen LogP contribution in [0.15, 0.2) is 42.5 Å². The zero-order valence-corrected chi connectivity index (χ0v) is 21.4. The summed E-state index contributed by atoms with van der Waals surface area (Å²) < 4.78 is 13.0. The Labute approximate surface area is 211 Å². The van der Waals surface area contributed by atoms with Gasteiger partial charge in [-0.1, -0.05) is 44.0 Å². The van der Waals surface area contributed by atoms with Crippen molar-refractivity contribution in [3.63, 3.8) is 0 Å². The summed E-state index contributed by atoms with van der Waals surface area (Å²) in [5.41, 5.74) is 1.23. The van der Waals surface area contributed by atoms with Gasteiger partial charge in [0.05, 0.1) is 38.3 Å². The Bertz CT molecular complexity index is 1300. The highest BCUT2D eigenvalue weighted by Gasteiger charge is 2.49. The molecule has 1 aliphatic heterocycles. The third-order valence-electron chi connectivity index (χ3n) is 7.88. The molecular formula is C28H34N4O4. The van der Waals surface area contributed by atoms with Gasteiger partial charge in [0.2, 0.25) is 5.91 Å². The molecule has 2 aliphatic rings. The maximum Gasteiger partial charge on any atom is 0.291 e. The number of aromatic nitrogens is 2. The Morgan fingerprint density at radius 2 is 1.89 bits per heavy atom. The lowest BCUT2D eigenvalue weighted by atomic mass is 9.85. The maximum absolute atomic E-state index is 14.0. The van der Waals surface area contributed by atoms with Gasteiger partial charge >= 0.3 is 0 Å². The Morgan fingerprint density at radius 3 is 2.64 bits per heavy atom. The van der Waals surface area contributed by atoms with Gasteiger partial charge in [-0.25, -0.2) is 4.98 Å². The molecule has 5 rings (SSSR count). The van der Waals surface area contributed by atoms with E-state index in [9.17, 15) is 9.59 Å². The first kappa shape index (κ1) is 24.2. The summed E-state index contributed by atoms with van der Waals surface area (Å²) in [5.74, 6) is 1.46. The van der Waals surface area contributed by atoms with Gasteiger partial charge in [0, 0.05) is 11.6 Å². The van der Waals surface area contributed by atoms with Crippen molar-refractivity contribution in [2.45, 2.75) is 64.2 Å². The summed E-state index contributed by atoms with van der Waals surface area (Å²) in [4.78, 5) is 34.3. The Hall–Kier alpha value is -3.55. The van der Waals surface area contributed by atoms with Crippen molar-refractivity contribution in [3.8, 4) is 11.5 Å². The van der Waals surface area contributed by atoms with Crippen LogP contribution < -0.4 is 14.8 Å². The molecule has 2 aromatic carbocycles. The molecule has 0 radical (unpaired) electrons. The Morgan fingerprint density at radius 1 is 1.11 bits per heavy atom. The lowest BCUT2D eigenvalue weighted by Crippen LogP contribution is -2.65. The molecule has 0 bridgehead atoms. The van der Waals surface area contributed by atoms with Crippen molar-refractivity contribution < 1.29 is 19.1 Å². The maximum atomic E-state index is 14.0. The van der Waals surface area contributed by atoms with Crippen molar-refractivity contribution in [2.75, 3.05) is 14.2 Å². The molecule has 3 atom stereocenters. The molecule has 8 heteroatoms. The molecule has 0 unspecified atom stereocenters. The average molecular weight is 491 g/mol. The fourth-order valence-corrected chi connectivity index (χ4v) is 5.68. The van der Waals surface area contributed by atoms with Crippen LogP contribution in [-0.4, -0.2) is 52.1 Å². The summed E-state index contributed by atoms with van der Waals surface area (Å²) in [6.07, 6.45) is 4.35. The van der Waals surface area contributed by atoms with Crippen LogP contribution in [0.25, 0.3) is 11.0 Å². The third kappa shape index (κ3) is 3.98. The monoisotopic (exact) mass is 490 g/mol. The van der Waals surface area contributed by atoms with Gasteiger partial charge in [-0.3, -0.25) is 9.59 Å². The number of hydrogen-bond donors (Lipinski definition) is 1. The number of imidazole rings is 1. The number of nitrogens with one attached hydrogen (secondary N) is 1. The highest BCUT2D eigenvalue weighted by molar-refractivity contribution is 6.01. The van der Waals surface area contributed by atoms with Gasteiger partial charge in [0.1, 0.15) is 5.54 Å². The summed E-state index contributed by atoms with van der Waals surface area (Å²) in [5, 5.41) is 3.31. The normalized spacial score (nSPS) is 23.9. The van der Waals surface area contributed by atoms with E-state index in [1.54, 1.807) is 19.1 Å². The minimum Gasteiger partial charge on any atom is -0.493 e. The highest BCUT2D eigenvalue weighted by atomic mass is 16.5. The van der Waals surface area contributed by atoms with E-state index in [4.69, 9.17) is 9.47 Å². The molecule has 190 valence electrons. The number of rotatable bonds is 6. The topological polar surface area (TPSA) is 85.7 Å². The van der Waals surface area contributed by atoms with Crippen molar-refractivity contribution in [3.05, 3.63) is 53.9 Å². The van der Waals surface area contributed by atoms with E-state index in [0.29, 0.717) is 29.8 Å². The molecule has 3 aromatic rings. The number of carbonyl (C=O) groups excluding carboxylic acids is 2. The number of para-hydroxylation sites is 3. The van der Waals surface area contributed by atoms with E-state index in [2.05, 4.69) is 17.2 Å². The summed E-state index contributed by atoms with van der Waals surface area (Å²) in [7, 11) is 3.16. The van der Waals surface area contributed by atoms with Crippen LogP contribution in [0.2, 0.25) is 0 Å². The standard InChI is InChI=1S/C28H34N4O4/c1-18-10-5-6-12-20(18)30-27(34)28(2)17-31-22-14-8-7-13-21(22)29-25(31)26(33)32(28)16-19-11-9-15-23(35-3)24(19)36-4/h7-9,11,13-15,18,20H,5-6,10,12,16-17H2,1-4H3,(H,30,34)/t18-,20+,28+/m0/s1. The second-order valence-corrected chi connectivity index (χ2v) is 10.2. The second kappa shape index (κ2) is 9.48. The van der Waals surface area contributed by atoms with Gasteiger partial charge < -0.3 is 24.3 Å². The molecule has 1 saturated carbocycles. The molecule has 8 nitrogen and oxygen atoms in total. The van der Waals surface area contributed by atoms with Gasteiger partial charge in [-0.15, -0.1) is 0 Å². The predicted octanol–water partition coefficient (Wildman–Crippen LogP) is 4.16. The van der Waals surface area contributed by atoms with E-state index in [1.807, 2.05) is 54.0 Å². The van der Waals surface area contributed by atoms with Crippen molar-refractivity contribution in [1.82, 2.24) is 19.8 Å². The summed E-state index contributed by atoms with van der Waals surface area (Å²) in [6.45, 7) is 4.55. The third-order valence-corrected chi connectivity index (χ3v) is 7.88. The smallest absolute Gasteiger partial charge is 0.291 e. The molecule has 1 fully saturated rings. The van der Waals surface area contributed by atoms with E-state index in [-0.39, 0.29) is 24.4 Å². The van der Waals surface area contributed by atoms with Gasteiger partial charge in [-0.05, 0) is 43.9 Å². The fourth-order valence-electron chi connectivity index (χ4n) is 5.68. The highest BCUT2D eigenvalue weighted by Crippen LogP contribution is 2.37. The number of amides is 2. The first-order valence-electron chi connectivity index (χ1n) is 12.7. The lowest BCUT2D eigenvalue weighted by molar-refractivity contribution is -0.134. The fraction of sp³-hybridized carbons (Fsp3) is 0.464. The van der Waals surface area contributed by atoms with Crippen molar-refractivity contribution in [2.24, 2.45) is 5.92 Å². The van der Waals surface area contributed by atoms with E-state index in [1.165, 1.54) is 6.42 Å². The number of ether oxygens (including phenoxy) is 2. The van der Waals surface area contributed by atoms with Gasteiger partial charge in [0.15, 0.2) is 17.3 Å². The zero-order valence-electron chi connectivity index (χ0n) is 21.4. The largest absolute Gasteiger partial charge is 0.493 e. The van der Waals surface area contributed by atoms with Crippen molar-refractivity contribution in [1.29, 1.82) is 0 Å². The predicted molar refractivity (Wildman–Crippen MR) is 137 cm³/mol. The number of benzene rings is 2. The zero-order chi connectivity index (χ0) is 25.4. The van der Waals surface area contributed by atoms with Gasteiger partial charge in [0.25, 0.3) is 5.91 Å². The Kier molecular flexibility index (Phi) is 6.36. The molecule has 2 heterocycles. The summed E-state index contributed by atoms with van der Waals surface area (Å²) >= 11 is 0. The van der Waals surface area contributed by atoms with Crippen LogP contribution in [0.5, 0.6) is 11.5 Å². The lowest BCUT2D eigenvalue weighted by Gasteiger charge is -2.45. The first-order valence-corrected chi connectivity index (χ1v) is 12.7. The van der Waals surface area contributed by atoms with E-state index >= 15 is 0 Å². The molecule has 0 saturated heterocycles.